The summed E-state index contributed by atoms with van der Waals surface area (Å²) < 4.78 is 1.18. The molecule has 0 bridgehead atoms. The van der Waals surface area contributed by atoms with Crippen LogP contribution in [-0.2, 0) is 6.54 Å². The predicted octanol–water partition coefficient (Wildman–Crippen LogP) is 1.07. The minimum Gasteiger partial charge on any atom is -0.332 e. The number of hydrogen-bond donors (Lipinski definition) is 2. The van der Waals surface area contributed by atoms with Crippen LogP contribution in [0.4, 0.5) is 4.79 Å². The number of pyridine rings is 1. The molecule has 2 amide bonds. The summed E-state index contributed by atoms with van der Waals surface area (Å²) in [6.07, 6.45) is 1.69. The van der Waals surface area contributed by atoms with E-state index >= 15 is 0 Å². The maximum absolute atomic E-state index is 11.0. The van der Waals surface area contributed by atoms with Gasteiger partial charge in [-0.05, 0) is 12.1 Å². The van der Waals surface area contributed by atoms with Crippen molar-refractivity contribution in [2.24, 2.45) is 0 Å². The van der Waals surface area contributed by atoms with Gasteiger partial charge in [-0.1, -0.05) is 18.9 Å². The van der Waals surface area contributed by atoms with Gasteiger partial charge in [0.15, 0.2) is 0 Å². The Morgan fingerprint density at radius 1 is 1.69 bits per heavy atom. The third-order valence-corrected chi connectivity index (χ3v) is 1.62. The van der Waals surface area contributed by atoms with Crippen LogP contribution in [0, 0.1) is 0 Å². The van der Waals surface area contributed by atoms with E-state index in [9.17, 15) is 4.79 Å². The van der Waals surface area contributed by atoms with Crippen LogP contribution in [0.5, 0.6) is 0 Å². The summed E-state index contributed by atoms with van der Waals surface area (Å²) in [5.74, 6) is 0. The van der Waals surface area contributed by atoms with Gasteiger partial charge in [-0.3, -0.25) is 9.29 Å². The standard InChI is InChI=1S/C8H11N3OS/c1-11(13)8(12)10-6-7-4-2-3-5-9-7/h2-5,13H,6H2,1H3,(H,10,12). The van der Waals surface area contributed by atoms with E-state index in [0.717, 1.165) is 5.69 Å². The number of amides is 2. The lowest BCUT2D eigenvalue weighted by Crippen LogP contribution is -2.31. The van der Waals surface area contributed by atoms with Gasteiger partial charge in [0.1, 0.15) is 0 Å². The van der Waals surface area contributed by atoms with Gasteiger partial charge in [0.2, 0.25) is 0 Å². The lowest BCUT2D eigenvalue weighted by molar-refractivity contribution is 0.230. The SMILES string of the molecule is CN(S)C(=O)NCc1ccccn1. The van der Waals surface area contributed by atoms with E-state index in [1.807, 2.05) is 18.2 Å². The Kier molecular flexibility index (Phi) is 3.57. The Bertz CT molecular complexity index is 276. The molecule has 5 heteroatoms. The summed E-state index contributed by atoms with van der Waals surface area (Å²) in [6, 6.07) is 5.31. The number of nitrogens with zero attached hydrogens (tertiary/aromatic N) is 2. The number of thiol groups is 1. The van der Waals surface area contributed by atoms with Crippen molar-refractivity contribution < 1.29 is 4.79 Å². The molecule has 1 aromatic rings. The fraction of sp³-hybridized carbons (Fsp3) is 0.250. The van der Waals surface area contributed by atoms with Crippen molar-refractivity contribution in [2.45, 2.75) is 6.54 Å². The fourth-order valence-electron chi connectivity index (χ4n) is 0.783. The van der Waals surface area contributed by atoms with Crippen molar-refractivity contribution in [3.63, 3.8) is 0 Å². The minimum atomic E-state index is -0.242. The molecule has 0 saturated carbocycles. The number of aromatic nitrogens is 1. The van der Waals surface area contributed by atoms with E-state index in [1.165, 1.54) is 4.31 Å². The molecule has 1 heterocycles. The van der Waals surface area contributed by atoms with Crippen molar-refractivity contribution in [3.05, 3.63) is 30.1 Å². The summed E-state index contributed by atoms with van der Waals surface area (Å²) in [5.41, 5.74) is 0.825. The van der Waals surface area contributed by atoms with Crippen LogP contribution in [-0.4, -0.2) is 22.4 Å². The van der Waals surface area contributed by atoms with Crippen molar-refractivity contribution >= 4 is 18.8 Å². The fourth-order valence-corrected chi connectivity index (χ4v) is 0.854. The van der Waals surface area contributed by atoms with Gasteiger partial charge >= 0.3 is 6.03 Å². The van der Waals surface area contributed by atoms with Gasteiger partial charge in [0.25, 0.3) is 0 Å². The zero-order valence-electron chi connectivity index (χ0n) is 7.27. The van der Waals surface area contributed by atoms with Gasteiger partial charge in [-0.15, -0.1) is 0 Å². The van der Waals surface area contributed by atoms with Crippen LogP contribution in [0.1, 0.15) is 5.69 Å². The summed E-state index contributed by atoms with van der Waals surface area (Å²) in [6.45, 7) is 0.421. The normalized spacial score (nSPS) is 9.38. The molecule has 0 unspecified atom stereocenters. The van der Waals surface area contributed by atoms with Crippen LogP contribution >= 0.6 is 12.8 Å². The molecule has 0 aliphatic rings. The van der Waals surface area contributed by atoms with E-state index in [-0.39, 0.29) is 6.03 Å². The van der Waals surface area contributed by atoms with Crippen molar-refractivity contribution in [1.82, 2.24) is 14.6 Å². The molecule has 13 heavy (non-hydrogen) atoms. The van der Waals surface area contributed by atoms with Gasteiger partial charge < -0.3 is 5.32 Å². The van der Waals surface area contributed by atoms with Gasteiger partial charge in [0.05, 0.1) is 12.2 Å². The highest BCUT2D eigenvalue weighted by atomic mass is 32.1. The molecule has 0 atom stereocenters. The highest BCUT2D eigenvalue weighted by Crippen LogP contribution is 1.93. The summed E-state index contributed by atoms with van der Waals surface area (Å²) in [5, 5.41) is 2.65. The highest BCUT2D eigenvalue weighted by Gasteiger charge is 2.02. The molecule has 0 aromatic carbocycles. The topological polar surface area (TPSA) is 45.2 Å². The molecule has 0 saturated heterocycles. The lowest BCUT2D eigenvalue weighted by Gasteiger charge is -2.09. The maximum Gasteiger partial charge on any atom is 0.327 e. The molecular formula is C8H11N3OS. The molecular weight excluding hydrogens is 186 g/mol. The Hall–Kier alpha value is -1.23. The second kappa shape index (κ2) is 4.71. The van der Waals surface area contributed by atoms with Crippen LogP contribution in [0.2, 0.25) is 0 Å². The number of rotatable bonds is 2. The monoisotopic (exact) mass is 197 g/mol. The second-order valence-corrected chi connectivity index (χ2v) is 3.10. The smallest absolute Gasteiger partial charge is 0.327 e. The number of carbonyl (C=O) groups excluding carboxylic acids is 1. The van der Waals surface area contributed by atoms with Crippen molar-refractivity contribution in [2.75, 3.05) is 7.05 Å². The van der Waals surface area contributed by atoms with Crippen molar-refractivity contribution in [3.8, 4) is 0 Å². The number of nitrogens with one attached hydrogen (secondary N) is 1. The first-order valence-corrected chi connectivity index (χ1v) is 4.20. The van der Waals surface area contributed by atoms with E-state index in [0.29, 0.717) is 6.54 Å². The van der Waals surface area contributed by atoms with Crippen LogP contribution < -0.4 is 5.32 Å². The molecule has 0 aliphatic carbocycles. The Balaban J connectivity index is 2.40. The maximum atomic E-state index is 11.0. The first-order chi connectivity index (χ1) is 6.20. The third kappa shape index (κ3) is 3.33. The molecule has 0 aliphatic heterocycles. The third-order valence-electron chi connectivity index (χ3n) is 1.44. The zero-order chi connectivity index (χ0) is 9.68. The molecule has 4 nitrogen and oxygen atoms in total. The Morgan fingerprint density at radius 3 is 3.00 bits per heavy atom. The van der Waals surface area contributed by atoms with Crippen molar-refractivity contribution in [1.29, 1.82) is 0 Å². The van der Waals surface area contributed by atoms with Gasteiger partial charge in [-0.25, -0.2) is 4.79 Å². The number of urea groups is 1. The van der Waals surface area contributed by atoms with E-state index in [1.54, 1.807) is 13.2 Å². The summed E-state index contributed by atoms with van der Waals surface area (Å²) in [4.78, 5) is 15.1. The number of carbonyl (C=O) groups is 1. The van der Waals surface area contributed by atoms with E-state index in [2.05, 4.69) is 23.1 Å². The number of hydrogen-bond acceptors (Lipinski definition) is 3. The zero-order valence-corrected chi connectivity index (χ0v) is 8.16. The average Bonchev–Trinajstić information content (AvgIpc) is 2.15. The Morgan fingerprint density at radius 2 is 2.46 bits per heavy atom. The first kappa shape index (κ1) is 9.85. The quantitative estimate of drug-likeness (QED) is 0.696. The second-order valence-electron chi connectivity index (χ2n) is 2.50. The van der Waals surface area contributed by atoms with Gasteiger partial charge in [-0.2, -0.15) is 0 Å². The molecule has 1 aromatic heterocycles. The van der Waals surface area contributed by atoms with Crippen LogP contribution in [0.15, 0.2) is 24.4 Å². The van der Waals surface area contributed by atoms with E-state index in [4.69, 9.17) is 0 Å². The molecule has 0 radical (unpaired) electrons. The molecule has 0 fully saturated rings. The lowest BCUT2D eigenvalue weighted by atomic mass is 10.3. The molecule has 0 spiro atoms. The summed E-state index contributed by atoms with van der Waals surface area (Å²) >= 11 is 3.84. The highest BCUT2D eigenvalue weighted by molar-refractivity contribution is 7.78. The van der Waals surface area contributed by atoms with Crippen LogP contribution in [0.25, 0.3) is 0 Å². The first-order valence-electron chi connectivity index (χ1n) is 3.80. The predicted molar refractivity (Wildman–Crippen MR) is 53.2 cm³/mol. The molecule has 1 N–H and O–H groups in total. The minimum absolute atomic E-state index is 0.242. The average molecular weight is 197 g/mol. The van der Waals surface area contributed by atoms with Crippen LogP contribution in [0.3, 0.4) is 0 Å². The molecule has 1 rings (SSSR count). The molecule has 70 valence electrons. The largest absolute Gasteiger partial charge is 0.332 e. The van der Waals surface area contributed by atoms with E-state index < -0.39 is 0 Å². The summed E-state index contributed by atoms with van der Waals surface area (Å²) in [7, 11) is 1.57. The Labute approximate surface area is 82.5 Å². The van der Waals surface area contributed by atoms with Gasteiger partial charge in [0, 0.05) is 13.2 Å².